The van der Waals surface area contributed by atoms with Gasteiger partial charge in [0.1, 0.15) is 0 Å². The third-order valence-electron chi connectivity index (χ3n) is 6.05. The minimum absolute atomic E-state index is 0.109. The van der Waals surface area contributed by atoms with Crippen LogP contribution in [0.2, 0.25) is 0 Å². The number of aryl methyl sites for hydroxylation is 1. The van der Waals surface area contributed by atoms with Crippen LogP contribution in [0.1, 0.15) is 56.3 Å². The Morgan fingerprint density at radius 1 is 0.968 bits per heavy atom. The summed E-state index contributed by atoms with van der Waals surface area (Å²) < 4.78 is 0. The monoisotopic (exact) mass is 405 g/mol. The van der Waals surface area contributed by atoms with Gasteiger partial charge in [-0.3, -0.25) is 4.99 Å². The van der Waals surface area contributed by atoms with E-state index in [9.17, 15) is 0 Å². The summed E-state index contributed by atoms with van der Waals surface area (Å²) >= 11 is 0. The standard InChI is InChI=1S/C30H31N/c1-4-24-14-16-25(17-15-24)23(3)31-30(27-11-6-5-7-12-27)20-22(2)28-19-18-26-10-8-9-13-29(26)21-28/h6,8-21,23H,4-5,7H2,1-3H3/b22-20+,31-30?. The Morgan fingerprint density at radius 2 is 1.74 bits per heavy atom. The van der Waals surface area contributed by atoms with Gasteiger partial charge in [-0.1, -0.05) is 85.8 Å². The molecule has 3 aromatic carbocycles. The molecule has 1 aliphatic carbocycles. The van der Waals surface area contributed by atoms with Crippen LogP contribution in [-0.2, 0) is 6.42 Å². The highest BCUT2D eigenvalue weighted by Crippen LogP contribution is 2.25. The molecule has 0 fully saturated rings. The lowest BCUT2D eigenvalue weighted by Gasteiger charge is -2.14. The second kappa shape index (κ2) is 9.75. The zero-order valence-electron chi connectivity index (χ0n) is 18.8. The van der Waals surface area contributed by atoms with Crippen LogP contribution >= 0.6 is 0 Å². The molecule has 0 saturated carbocycles. The second-order valence-corrected chi connectivity index (χ2v) is 8.31. The summed E-state index contributed by atoms with van der Waals surface area (Å²) in [6, 6.07) is 24.2. The Bertz CT molecular complexity index is 1170. The molecule has 0 spiro atoms. The average Bonchev–Trinajstić information content (AvgIpc) is 2.83. The maximum atomic E-state index is 5.17. The number of hydrogen-bond acceptors (Lipinski definition) is 1. The van der Waals surface area contributed by atoms with E-state index in [0.717, 1.165) is 25.0 Å². The summed E-state index contributed by atoms with van der Waals surface area (Å²) in [5.74, 6) is 0. The lowest BCUT2D eigenvalue weighted by atomic mass is 9.97. The maximum Gasteiger partial charge on any atom is 0.0728 e. The molecule has 0 N–H and O–H groups in total. The SMILES string of the molecule is CCc1ccc(C(C)N=C(/C=C(\C)c2ccc3ccccc3c2)C2=CCCC=C2)cc1. The first-order valence-corrected chi connectivity index (χ1v) is 11.3. The van der Waals surface area contributed by atoms with Gasteiger partial charge in [0, 0.05) is 0 Å². The molecule has 1 atom stereocenters. The highest BCUT2D eigenvalue weighted by molar-refractivity contribution is 6.13. The van der Waals surface area contributed by atoms with Crippen LogP contribution in [0.4, 0.5) is 0 Å². The van der Waals surface area contributed by atoms with E-state index in [1.54, 1.807) is 0 Å². The molecular formula is C30H31N. The van der Waals surface area contributed by atoms with E-state index in [2.05, 4.69) is 112 Å². The van der Waals surface area contributed by atoms with Crippen LogP contribution in [0, 0.1) is 0 Å². The first kappa shape index (κ1) is 21.1. The van der Waals surface area contributed by atoms with Crippen molar-refractivity contribution in [2.24, 2.45) is 4.99 Å². The van der Waals surface area contributed by atoms with Gasteiger partial charge in [-0.15, -0.1) is 0 Å². The molecule has 0 aromatic heterocycles. The highest BCUT2D eigenvalue weighted by atomic mass is 14.8. The zero-order chi connectivity index (χ0) is 21.6. The number of hydrogen-bond donors (Lipinski definition) is 0. The van der Waals surface area contributed by atoms with Crippen LogP contribution in [0.15, 0.2) is 102 Å². The van der Waals surface area contributed by atoms with E-state index >= 15 is 0 Å². The number of allylic oxidation sites excluding steroid dienone is 6. The first-order chi connectivity index (χ1) is 15.1. The summed E-state index contributed by atoms with van der Waals surface area (Å²) in [6.45, 7) is 6.57. The van der Waals surface area contributed by atoms with E-state index in [1.807, 2.05) is 0 Å². The Hall–Kier alpha value is -3.19. The minimum atomic E-state index is 0.109. The number of fused-ring (bicyclic) bond motifs is 1. The molecule has 0 bridgehead atoms. The predicted molar refractivity (Wildman–Crippen MR) is 136 cm³/mol. The van der Waals surface area contributed by atoms with E-state index in [1.165, 1.54) is 38.6 Å². The molecule has 1 unspecified atom stereocenters. The van der Waals surface area contributed by atoms with Gasteiger partial charge in [-0.25, -0.2) is 0 Å². The summed E-state index contributed by atoms with van der Waals surface area (Å²) in [4.78, 5) is 5.17. The number of rotatable bonds is 6. The molecule has 0 radical (unpaired) electrons. The second-order valence-electron chi connectivity index (χ2n) is 8.31. The summed E-state index contributed by atoms with van der Waals surface area (Å²) in [5.41, 5.74) is 7.39. The normalized spacial score (nSPS) is 15.8. The third-order valence-corrected chi connectivity index (χ3v) is 6.05. The van der Waals surface area contributed by atoms with E-state index in [-0.39, 0.29) is 6.04 Å². The van der Waals surface area contributed by atoms with Gasteiger partial charge in [0.2, 0.25) is 0 Å². The molecular weight excluding hydrogens is 374 g/mol. The summed E-state index contributed by atoms with van der Waals surface area (Å²) in [6.07, 6.45) is 12.3. The molecule has 1 nitrogen and oxygen atoms in total. The van der Waals surface area contributed by atoms with Crippen molar-refractivity contribution in [3.8, 4) is 0 Å². The van der Waals surface area contributed by atoms with Crippen LogP contribution in [-0.4, -0.2) is 5.71 Å². The number of aliphatic imine (C=N–C) groups is 1. The smallest absolute Gasteiger partial charge is 0.0728 e. The Morgan fingerprint density at radius 3 is 2.45 bits per heavy atom. The maximum absolute atomic E-state index is 5.17. The Labute approximate surface area is 186 Å². The average molecular weight is 406 g/mol. The summed E-state index contributed by atoms with van der Waals surface area (Å²) in [5, 5.41) is 2.54. The fraction of sp³-hybridized carbons (Fsp3) is 0.233. The number of nitrogens with zero attached hydrogens (tertiary/aromatic N) is 1. The van der Waals surface area contributed by atoms with Crippen molar-refractivity contribution >= 4 is 22.1 Å². The number of benzene rings is 3. The van der Waals surface area contributed by atoms with Crippen LogP contribution in [0.25, 0.3) is 16.3 Å². The van der Waals surface area contributed by atoms with Gasteiger partial charge in [0.25, 0.3) is 0 Å². The van der Waals surface area contributed by atoms with E-state index < -0.39 is 0 Å². The van der Waals surface area contributed by atoms with Crippen LogP contribution in [0.5, 0.6) is 0 Å². The topological polar surface area (TPSA) is 12.4 Å². The van der Waals surface area contributed by atoms with Crippen LogP contribution in [0.3, 0.4) is 0 Å². The van der Waals surface area contributed by atoms with Crippen molar-refractivity contribution in [3.05, 3.63) is 113 Å². The van der Waals surface area contributed by atoms with Crippen LogP contribution < -0.4 is 0 Å². The van der Waals surface area contributed by atoms with Crippen molar-refractivity contribution < 1.29 is 0 Å². The van der Waals surface area contributed by atoms with E-state index in [0.29, 0.717) is 0 Å². The van der Waals surface area contributed by atoms with Gasteiger partial charge >= 0.3 is 0 Å². The highest BCUT2D eigenvalue weighted by Gasteiger charge is 2.10. The van der Waals surface area contributed by atoms with Crippen molar-refractivity contribution in [1.82, 2.24) is 0 Å². The molecule has 0 saturated heterocycles. The van der Waals surface area contributed by atoms with Crippen molar-refractivity contribution in [3.63, 3.8) is 0 Å². The lowest BCUT2D eigenvalue weighted by molar-refractivity contribution is 0.820. The third kappa shape index (κ3) is 5.11. The Kier molecular flexibility index (Phi) is 6.62. The predicted octanol–water partition coefficient (Wildman–Crippen LogP) is 8.28. The van der Waals surface area contributed by atoms with Crippen molar-refractivity contribution in [2.75, 3.05) is 0 Å². The molecule has 0 aliphatic heterocycles. The molecule has 3 aromatic rings. The molecule has 4 rings (SSSR count). The summed E-state index contributed by atoms with van der Waals surface area (Å²) in [7, 11) is 0. The van der Waals surface area contributed by atoms with Gasteiger partial charge in [-0.2, -0.15) is 0 Å². The molecule has 0 amide bonds. The fourth-order valence-electron chi connectivity index (χ4n) is 4.04. The fourth-order valence-corrected chi connectivity index (χ4v) is 4.04. The molecule has 1 aliphatic rings. The quantitative estimate of drug-likeness (QED) is 0.366. The molecule has 0 heterocycles. The van der Waals surface area contributed by atoms with Gasteiger partial charge in [0.15, 0.2) is 0 Å². The van der Waals surface area contributed by atoms with Gasteiger partial charge in [-0.05, 0) is 83.9 Å². The van der Waals surface area contributed by atoms with Gasteiger partial charge < -0.3 is 0 Å². The molecule has 31 heavy (non-hydrogen) atoms. The zero-order valence-corrected chi connectivity index (χ0v) is 18.8. The van der Waals surface area contributed by atoms with Crippen molar-refractivity contribution in [2.45, 2.75) is 46.1 Å². The first-order valence-electron chi connectivity index (χ1n) is 11.3. The Balaban J connectivity index is 1.70. The molecule has 156 valence electrons. The minimum Gasteiger partial charge on any atom is -0.277 e. The lowest BCUT2D eigenvalue weighted by Crippen LogP contribution is -2.04. The molecule has 1 heteroatoms. The largest absolute Gasteiger partial charge is 0.277 e. The van der Waals surface area contributed by atoms with Gasteiger partial charge in [0.05, 0.1) is 11.8 Å². The van der Waals surface area contributed by atoms with Crippen molar-refractivity contribution in [1.29, 1.82) is 0 Å². The van der Waals surface area contributed by atoms with E-state index in [4.69, 9.17) is 4.99 Å².